The number of hydrogen-bond donors (Lipinski definition) is 4. The van der Waals surface area contributed by atoms with Crippen LogP contribution in [0, 0.1) is 0 Å². The van der Waals surface area contributed by atoms with Gasteiger partial charge in [0.05, 0.1) is 17.5 Å². The Morgan fingerprint density at radius 3 is 2.60 bits per heavy atom. The molecule has 1 saturated heterocycles. The number of anilines is 3. The number of H-pyrrole nitrogens is 1. The zero-order valence-corrected chi connectivity index (χ0v) is 21.1. The Morgan fingerprint density at radius 2 is 1.90 bits per heavy atom. The first kappa shape index (κ1) is 26.7. The molecule has 3 heterocycles. The van der Waals surface area contributed by atoms with E-state index in [4.69, 9.17) is 5.73 Å². The van der Waals surface area contributed by atoms with Gasteiger partial charge in [0.2, 0.25) is 0 Å². The molecular weight excluding hydrogens is 525 g/mol. The number of piperidine rings is 1. The minimum Gasteiger partial charge on any atom is -0.365 e. The molecule has 1 unspecified atom stereocenters. The van der Waals surface area contributed by atoms with Crippen LogP contribution in [0.15, 0.2) is 67.1 Å². The predicted octanol–water partition coefficient (Wildman–Crippen LogP) is 5.14. The highest BCUT2D eigenvalue weighted by Crippen LogP contribution is 2.34. The molecule has 0 spiro atoms. The van der Waals surface area contributed by atoms with Gasteiger partial charge < -0.3 is 21.3 Å². The zero-order chi connectivity index (χ0) is 28.3. The fourth-order valence-electron chi connectivity index (χ4n) is 4.69. The van der Waals surface area contributed by atoms with Gasteiger partial charge in [-0.05, 0) is 36.6 Å². The smallest absolute Gasteiger partial charge is 0.365 e. The summed E-state index contributed by atoms with van der Waals surface area (Å²) in [5.41, 5.74) is 7.12. The van der Waals surface area contributed by atoms with E-state index in [1.807, 2.05) is 0 Å². The molecule has 5 rings (SSSR count). The number of benzene rings is 2. The molecule has 0 bridgehead atoms. The number of primary amides is 1. The third-order valence-corrected chi connectivity index (χ3v) is 6.64. The van der Waals surface area contributed by atoms with E-state index in [1.165, 1.54) is 24.7 Å². The van der Waals surface area contributed by atoms with E-state index in [0.717, 1.165) is 12.1 Å². The topological polar surface area (TPSA) is 142 Å². The van der Waals surface area contributed by atoms with Crippen LogP contribution >= 0.6 is 0 Å². The number of nitrogens with two attached hydrogens (primary N) is 1. The summed E-state index contributed by atoms with van der Waals surface area (Å²) in [5, 5.41) is 12.7. The van der Waals surface area contributed by atoms with Crippen molar-refractivity contribution in [3.05, 3.63) is 83.8 Å². The van der Waals surface area contributed by atoms with Crippen molar-refractivity contribution in [2.75, 3.05) is 23.7 Å². The summed E-state index contributed by atoms with van der Waals surface area (Å²) in [6.45, 7) is 0.806. The van der Waals surface area contributed by atoms with Gasteiger partial charge in [-0.1, -0.05) is 30.3 Å². The van der Waals surface area contributed by atoms with Crippen molar-refractivity contribution >= 4 is 29.3 Å². The molecule has 1 aliphatic rings. The third kappa shape index (κ3) is 5.87. The zero-order valence-electron chi connectivity index (χ0n) is 21.1. The molecule has 1 atom stereocenters. The van der Waals surface area contributed by atoms with E-state index >= 15 is 0 Å². The van der Waals surface area contributed by atoms with Crippen LogP contribution < -0.4 is 16.4 Å². The Labute approximate surface area is 226 Å². The number of carbonyl (C=O) groups is 2. The number of amides is 3. The minimum absolute atomic E-state index is 0.136. The molecule has 206 valence electrons. The van der Waals surface area contributed by atoms with Crippen molar-refractivity contribution in [2.24, 2.45) is 5.73 Å². The molecule has 3 amide bonds. The number of aromatic amines is 1. The molecule has 4 aromatic rings. The van der Waals surface area contributed by atoms with E-state index in [0.29, 0.717) is 54.3 Å². The van der Waals surface area contributed by atoms with Gasteiger partial charge >= 0.3 is 12.2 Å². The average Bonchev–Trinajstić information content (AvgIpc) is 3.37. The second kappa shape index (κ2) is 11.0. The van der Waals surface area contributed by atoms with E-state index in [2.05, 4.69) is 30.8 Å². The van der Waals surface area contributed by atoms with E-state index in [-0.39, 0.29) is 23.3 Å². The quantitative estimate of drug-likeness (QED) is 0.262. The summed E-state index contributed by atoms with van der Waals surface area (Å²) in [7, 11) is 0. The summed E-state index contributed by atoms with van der Waals surface area (Å²) in [5.74, 6) is -0.315. The number of nitrogens with one attached hydrogen (secondary N) is 3. The monoisotopic (exact) mass is 550 g/mol. The van der Waals surface area contributed by atoms with Crippen LogP contribution in [0.1, 0.15) is 40.2 Å². The highest BCUT2D eigenvalue weighted by atomic mass is 19.4. The molecule has 2 aromatic heterocycles. The van der Waals surface area contributed by atoms with Crippen molar-refractivity contribution in [3.63, 3.8) is 0 Å². The van der Waals surface area contributed by atoms with Crippen molar-refractivity contribution in [1.82, 2.24) is 25.1 Å². The lowest BCUT2D eigenvalue weighted by Crippen LogP contribution is -2.41. The Bertz CT molecular complexity index is 1510. The molecule has 1 aliphatic heterocycles. The highest BCUT2D eigenvalue weighted by molar-refractivity contribution is 6.04. The van der Waals surface area contributed by atoms with Gasteiger partial charge in [0.15, 0.2) is 5.82 Å². The molecule has 0 saturated carbocycles. The Kier molecular flexibility index (Phi) is 7.36. The lowest BCUT2D eigenvalue weighted by Gasteiger charge is -2.33. The number of urea groups is 1. The summed E-state index contributed by atoms with van der Waals surface area (Å²) < 4.78 is 39.5. The molecule has 0 radical (unpaired) electrons. The number of aromatic nitrogens is 4. The molecule has 2 aromatic carbocycles. The van der Waals surface area contributed by atoms with Crippen molar-refractivity contribution in [2.45, 2.75) is 24.9 Å². The largest absolute Gasteiger partial charge is 0.416 e. The standard InChI is InChI=1S/C27H25F3N8O2/c28-27(29,30)19-5-1-3-17(13-19)18-4-2-12-38(15-18)26(40)34-20-8-6-16(7-9-20)23-22(24(31)39)25(37-36-23)35-21-14-32-10-11-33-21/h1,3,5-11,13-14,18H,2,4,12,15H2,(H2,31,39)(H,34,40)(H2,33,35,36,37). The van der Waals surface area contributed by atoms with E-state index in [9.17, 15) is 22.8 Å². The first-order valence-electron chi connectivity index (χ1n) is 12.4. The summed E-state index contributed by atoms with van der Waals surface area (Å²) >= 11 is 0. The average molecular weight is 551 g/mol. The number of nitrogens with zero attached hydrogens (tertiary/aromatic N) is 4. The number of halogens is 3. The molecule has 1 fully saturated rings. The Balaban J connectivity index is 1.27. The van der Waals surface area contributed by atoms with Crippen LogP contribution in [-0.4, -0.2) is 50.1 Å². The number of alkyl halides is 3. The van der Waals surface area contributed by atoms with Gasteiger partial charge in [-0.25, -0.2) is 9.78 Å². The summed E-state index contributed by atoms with van der Waals surface area (Å²) in [6.07, 6.45) is 1.42. The van der Waals surface area contributed by atoms with Crippen LogP contribution in [0.3, 0.4) is 0 Å². The van der Waals surface area contributed by atoms with E-state index < -0.39 is 17.6 Å². The van der Waals surface area contributed by atoms with Gasteiger partial charge in [-0.2, -0.15) is 18.3 Å². The molecule has 10 nitrogen and oxygen atoms in total. The second-order valence-corrected chi connectivity index (χ2v) is 9.32. The lowest BCUT2D eigenvalue weighted by molar-refractivity contribution is -0.137. The maximum Gasteiger partial charge on any atom is 0.416 e. The van der Waals surface area contributed by atoms with Gasteiger partial charge in [0.1, 0.15) is 11.4 Å². The molecule has 0 aliphatic carbocycles. The van der Waals surface area contributed by atoms with Gasteiger partial charge in [0, 0.05) is 42.7 Å². The van der Waals surface area contributed by atoms with Gasteiger partial charge in [-0.3, -0.25) is 14.9 Å². The minimum atomic E-state index is -4.42. The van der Waals surface area contributed by atoms with Crippen LogP contribution in [0.2, 0.25) is 0 Å². The Morgan fingerprint density at radius 1 is 1.10 bits per heavy atom. The number of carbonyl (C=O) groups excluding carboxylic acids is 2. The summed E-state index contributed by atoms with van der Waals surface area (Å²) in [6, 6.07) is 11.7. The predicted molar refractivity (Wildman–Crippen MR) is 142 cm³/mol. The molecule has 5 N–H and O–H groups in total. The maximum absolute atomic E-state index is 13.2. The lowest BCUT2D eigenvalue weighted by atomic mass is 9.90. The van der Waals surface area contributed by atoms with Crippen molar-refractivity contribution in [1.29, 1.82) is 0 Å². The van der Waals surface area contributed by atoms with Gasteiger partial charge in [-0.15, -0.1) is 0 Å². The number of rotatable bonds is 6. The van der Waals surface area contributed by atoms with Crippen LogP contribution in [0.4, 0.5) is 35.3 Å². The molecule has 40 heavy (non-hydrogen) atoms. The second-order valence-electron chi connectivity index (χ2n) is 9.32. The Hall–Kier alpha value is -4.94. The van der Waals surface area contributed by atoms with E-state index in [1.54, 1.807) is 35.2 Å². The fraction of sp³-hybridized carbons (Fsp3) is 0.222. The van der Waals surface area contributed by atoms with Crippen LogP contribution in [-0.2, 0) is 6.18 Å². The van der Waals surface area contributed by atoms with Crippen LogP contribution in [0.5, 0.6) is 0 Å². The fourth-order valence-corrected chi connectivity index (χ4v) is 4.69. The normalized spacial score (nSPS) is 15.5. The molecule has 13 heteroatoms. The molecular formula is C27H25F3N8O2. The van der Waals surface area contributed by atoms with Crippen molar-refractivity contribution < 1.29 is 22.8 Å². The summed E-state index contributed by atoms with van der Waals surface area (Å²) in [4.78, 5) is 34.9. The van der Waals surface area contributed by atoms with Crippen molar-refractivity contribution in [3.8, 4) is 11.3 Å². The van der Waals surface area contributed by atoms with Gasteiger partial charge in [0.25, 0.3) is 5.91 Å². The number of hydrogen-bond acceptors (Lipinski definition) is 6. The highest BCUT2D eigenvalue weighted by Gasteiger charge is 2.32. The SMILES string of the molecule is NC(=O)c1c(Nc2cnccn2)n[nH]c1-c1ccc(NC(=O)N2CCCC(c3cccc(C(F)(F)F)c3)C2)cc1. The first-order chi connectivity index (χ1) is 19.2. The third-order valence-electron chi connectivity index (χ3n) is 6.64. The maximum atomic E-state index is 13.2. The first-order valence-corrected chi connectivity index (χ1v) is 12.4. The van der Waals surface area contributed by atoms with Crippen LogP contribution in [0.25, 0.3) is 11.3 Å². The number of likely N-dealkylation sites (tertiary alicyclic amines) is 1.